The van der Waals surface area contributed by atoms with Crippen LogP contribution in [0.5, 0.6) is 0 Å². The van der Waals surface area contributed by atoms with Gasteiger partial charge in [-0.15, -0.1) is 0 Å². The van der Waals surface area contributed by atoms with Gasteiger partial charge in [0.2, 0.25) is 5.95 Å². The molecule has 0 saturated carbocycles. The van der Waals surface area contributed by atoms with Crippen LogP contribution in [0.25, 0.3) is 16.8 Å². The first kappa shape index (κ1) is 19.6. The smallest absolute Gasteiger partial charge is 0.276 e. The summed E-state index contributed by atoms with van der Waals surface area (Å²) in [6.45, 7) is 2.76. The number of fused-ring (bicyclic) bond motifs is 1. The van der Waals surface area contributed by atoms with Gasteiger partial charge >= 0.3 is 0 Å². The molecule has 0 spiro atoms. The molecule has 2 atom stereocenters. The summed E-state index contributed by atoms with van der Waals surface area (Å²) in [6.07, 6.45) is 5.24. The molecule has 4 aromatic rings. The van der Waals surface area contributed by atoms with Crippen LogP contribution in [0.3, 0.4) is 0 Å². The summed E-state index contributed by atoms with van der Waals surface area (Å²) in [5.41, 5.74) is 3.89. The lowest BCUT2D eigenvalue weighted by molar-refractivity contribution is 0.117. The fourth-order valence-corrected chi connectivity index (χ4v) is 4.29. The summed E-state index contributed by atoms with van der Waals surface area (Å²) in [6, 6.07) is 12.6. The maximum Gasteiger partial charge on any atom is 0.276 e. The number of nitrogens with zero attached hydrogens (tertiary/aromatic N) is 4. The molecule has 0 aliphatic carbocycles. The van der Waals surface area contributed by atoms with Crippen molar-refractivity contribution >= 4 is 5.52 Å². The summed E-state index contributed by atoms with van der Waals surface area (Å²) in [4.78, 5) is 21.4. The van der Waals surface area contributed by atoms with Crippen molar-refractivity contribution in [2.45, 2.75) is 31.8 Å². The first-order chi connectivity index (χ1) is 15.0. The summed E-state index contributed by atoms with van der Waals surface area (Å²) in [7, 11) is 1.79. The Hall–Kier alpha value is -3.32. The standard InChI is InChI=1S/C24H23FN4O2/c1-15-19(10-11-31-15)23-26-13-21-24(30)28(2)18(14-29(21)23)12-16-6-8-17(9-7-16)20-4-3-5-22(25)27-20/h3-9,13-15,19H,10-12H2,1-2H3/t15-,19+/m1/s1. The Morgan fingerprint density at radius 3 is 2.71 bits per heavy atom. The second kappa shape index (κ2) is 7.74. The highest BCUT2D eigenvalue weighted by Gasteiger charge is 2.29. The van der Waals surface area contributed by atoms with Crippen LogP contribution in [0.2, 0.25) is 0 Å². The van der Waals surface area contributed by atoms with Gasteiger partial charge < -0.3 is 9.30 Å². The van der Waals surface area contributed by atoms with Crippen LogP contribution < -0.4 is 5.56 Å². The molecule has 0 N–H and O–H groups in total. The van der Waals surface area contributed by atoms with Crippen LogP contribution in [0.4, 0.5) is 4.39 Å². The maximum atomic E-state index is 13.4. The molecule has 1 aliphatic rings. The maximum absolute atomic E-state index is 13.4. The number of aromatic nitrogens is 4. The van der Waals surface area contributed by atoms with Gasteiger partial charge in [0.1, 0.15) is 11.3 Å². The summed E-state index contributed by atoms with van der Waals surface area (Å²) in [5.74, 6) is 0.565. The van der Waals surface area contributed by atoms with Gasteiger partial charge in [-0.3, -0.25) is 9.20 Å². The van der Waals surface area contributed by atoms with Crippen molar-refractivity contribution in [2.75, 3.05) is 6.61 Å². The number of halogens is 1. The van der Waals surface area contributed by atoms with E-state index in [0.29, 0.717) is 24.2 Å². The van der Waals surface area contributed by atoms with Crippen molar-refractivity contribution in [2.24, 2.45) is 7.05 Å². The van der Waals surface area contributed by atoms with Gasteiger partial charge in [-0.25, -0.2) is 9.97 Å². The second-order valence-corrected chi connectivity index (χ2v) is 8.05. The van der Waals surface area contributed by atoms with Crippen molar-refractivity contribution in [1.82, 2.24) is 18.9 Å². The predicted octanol–water partition coefficient (Wildman–Crippen LogP) is 3.72. The highest BCUT2D eigenvalue weighted by atomic mass is 19.1. The number of hydrogen-bond acceptors (Lipinski definition) is 4. The molecule has 0 bridgehead atoms. The first-order valence-corrected chi connectivity index (χ1v) is 10.4. The third-order valence-corrected chi connectivity index (χ3v) is 6.12. The molecule has 1 saturated heterocycles. The third kappa shape index (κ3) is 3.55. The number of benzene rings is 1. The van der Waals surface area contributed by atoms with Gasteiger partial charge in [-0.05, 0) is 31.0 Å². The van der Waals surface area contributed by atoms with Gasteiger partial charge in [0.15, 0.2) is 0 Å². The Kier molecular flexibility index (Phi) is 4.90. The molecule has 5 rings (SSSR count). The van der Waals surface area contributed by atoms with Crippen molar-refractivity contribution in [3.05, 3.63) is 88.2 Å². The van der Waals surface area contributed by atoms with E-state index in [9.17, 15) is 9.18 Å². The largest absolute Gasteiger partial charge is 0.378 e. The zero-order valence-corrected chi connectivity index (χ0v) is 17.5. The Labute approximate surface area is 179 Å². The number of hydrogen-bond donors (Lipinski definition) is 0. The Morgan fingerprint density at radius 2 is 2.00 bits per heavy atom. The molecule has 31 heavy (non-hydrogen) atoms. The Bertz CT molecular complexity index is 1310. The quantitative estimate of drug-likeness (QED) is 0.474. The van der Waals surface area contributed by atoms with E-state index in [1.54, 1.807) is 29.9 Å². The van der Waals surface area contributed by atoms with Crippen molar-refractivity contribution in [1.29, 1.82) is 0 Å². The molecule has 7 heteroatoms. The minimum atomic E-state index is -0.497. The Balaban J connectivity index is 1.49. The highest BCUT2D eigenvalue weighted by Crippen LogP contribution is 2.30. The van der Waals surface area contributed by atoms with E-state index in [0.717, 1.165) is 29.1 Å². The van der Waals surface area contributed by atoms with Gasteiger partial charge in [0.05, 0.1) is 18.0 Å². The summed E-state index contributed by atoms with van der Waals surface area (Å²) < 4.78 is 22.7. The molecule has 0 radical (unpaired) electrons. The third-order valence-electron chi connectivity index (χ3n) is 6.12. The van der Waals surface area contributed by atoms with E-state index in [4.69, 9.17) is 4.74 Å². The van der Waals surface area contributed by atoms with Crippen molar-refractivity contribution < 1.29 is 9.13 Å². The van der Waals surface area contributed by atoms with E-state index >= 15 is 0 Å². The van der Waals surface area contributed by atoms with Crippen LogP contribution in [0, 0.1) is 5.95 Å². The molecule has 4 heterocycles. The molecular weight excluding hydrogens is 395 g/mol. The first-order valence-electron chi connectivity index (χ1n) is 10.4. The molecule has 1 aliphatic heterocycles. The van der Waals surface area contributed by atoms with Gasteiger partial charge in [0, 0.05) is 43.4 Å². The Morgan fingerprint density at radius 1 is 1.19 bits per heavy atom. The van der Waals surface area contributed by atoms with Crippen LogP contribution in [0.1, 0.15) is 36.3 Å². The fraction of sp³-hybridized carbons (Fsp3) is 0.292. The average Bonchev–Trinajstić information content (AvgIpc) is 3.38. The number of imidazole rings is 1. The highest BCUT2D eigenvalue weighted by molar-refractivity contribution is 5.59. The van der Waals surface area contributed by atoms with E-state index in [1.807, 2.05) is 34.9 Å². The lowest BCUT2D eigenvalue weighted by Crippen LogP contribution is -2.24. The van der Waals surface area contributed by atoms with Gasteiger partial charge in [0.25, 0.3) is 5.56 Å². The predicted molar refractivity (Wildman–Crippen MR) is 116 cm³/mol. The second-order valence-electron chi connectivity index (χ2n) is 8.05. The monoisotopic (exact) mass is 418 g/mol. The van der Waals surface area contributed by atoms with E-state index in [-0.39, 0.29) is 17.6 Å². The van der Waals surface area contributed by atoms with Crippen molar-refractivity contribution in [3.8, 4) is 11.3 Å². The minimum absolute atomic E-state index is 0.0663. The van der Waals surface area contributed by atoms with Gasteiger partial charge in [-0.2, -0.15) is 4.39 Å². The minimum Gasteiger partial charge on any atom is -0.378 e. The summed E-state index contributed by atoms with van der Waals surface area (Å²) in [5, 5.41) is 0. The molecule has 158 valence electrons. The number of rotatable bonds is 4. The fourth-order valence-electron chi connectivity index (χ4n) is 4.29. The number of pyridine rings is 1. The topological polar surface area (TPSA) is 61.4 Å². The zero-order valence-electron chi connectivity index (χ0n) is 17.5. The average molecular weight is 418 g/mol. The molecule has 0 amide bonds. The van der Waals surface area contributed by atoms with Crippen LogP contribution >= 0.6 is 0 Å². The molecule has 3 aromatic heterocycles. The molecule has 6 nitrogen and oxygen atoms in total. The molecular formula is C24H23FN4O2. The molecule has 1 aromatic carbocycles. The van der Waals surface area contributed by atoms with Crippen LogP contribution in [-0.4, -0.2) is 31.6 Å². The SMILES string of the molecule is C[C@H]1OCC[C@@H]1c1ncc2c(=O)n(C)c(Cc3ccc(-c4cccc(F)n4)cc3)cn12. The molecule has 1 fully saturated rings. The van der Waals surface area contributed by atoms with Crippen LogP contribution in [-0.2, 0) is 18.2 Å². The van der Waals surface area contributed by atoms with E-state index < -0.39 is 5.95 Å². The molecule has 0 unspecified atom stereocenters. The van der Waals surface area contributed by atoms with E-state index in [2.05, 4.69) is 16.9 Å². The summed E-state index contributed by atoms with van der Waals surface area (Å²) >= 11 is 0. The zero-order chi connectivity index (χ0) is 21.5. The normalized spacial score (nSPS) is 18.7. The van der Waals surface area contributed by atoms with Gasteiger partial charge in [-0.1, -0.05) is 30.3 Å². The van der Waals surface area contributed by atoms with Crippen molar-refractivity contribution in [3.63, 3.8) is 0 Å². The number of ether oxygens (including phenoxy) is 1. The van der Waals surface area contributed by atoms with E-state index in [1.165, 1.54) is 6.07 Å². The lowest BCUT2D eigenvalue weighted by Gasteiger charge is -2.15. The van der Waals surface area contributed by atoms with Crippen LogP contribution in [0.15, 0.2) is 59.7 Å². The lowest BCUT2D eigenvalue weighted by atomic mass is 10.0.